The Hall–Kier alpha value is 0.137. The van der Waals surface area contributed by atoms with Gasteiger partial charge in [0.15, 0.2) is 0 Å². The van der Waals surface area contributed by atoms with Crippen LogP contribution in [0.1, 0.15) is 64.2 Å². The van der Waals surface area contributed by atoms with E-state index in [4.69, 9.17) is 8.85 Å². The van der Waals surface area contributed by atoms with Crippen LogP contribution in [0.3, 0.4) is 0 Å². The van der Waals surface area contributed by atoms with Crippen molar-refractivity contribution < 1.29 is 8.85 Å². The van der Waals surface area contributed by atoms with E-state index in [9.17, 15) is 0 Å². The number of hydrogen-bond acceptors (Lipinski definition) is 2. The summed E-state index contributed by atoms with van der Waals surface area (Å²) >= 11 is 0. The van der Waals surface area contributed by atoms with Gasteiger partial charge in [-0.15, -0.1) is 0 Å². The zero-order chi connectivity index (χ0) is 12.8. The molecular weight excluding hydrogens is 240 g/mol. The third kappa shape index (κ3) is 3.58. The lowest BCUT2D eigenvalue weighted by Gasteiger charge is -2.39. The minimum absolute atomic E-state index is 0.741. The van der Waals surface area contributed by atoms with Gasteiger partial charge >= 0.3 is 9.28 Å². The first-order chi connectivity index (χ1) is 8.86. The molecule has 0 unspecified atom stereocenters. The van der Waals surface area contributed by atoms with Gasteiger partial charge in [-0.25, -0.2) is 0 Å². The fourth-order valence-electron chi connectivity index (χ4n) is 4.11. The molecule has 0 spiro atoms. The molecule has 2 saturated carbocycles. The lowest BCUT2D eigenvalue weighted by atomic mass is 9.77. The van der Waals surface area contributed by atoms with Gasteiger partial charge in [-0.3, -0.25) is 0 Å². The molecule has 0 aromatic rings. The highest BCUT2D eigenvalue weighted by Gasteiger charge is 2.40. The molecule has 2 fully saturated rings. The van der Waals surface area contributed by atoms with Crippen LogP contribution in [0.2, 0.25) is 5.54 Å². The third-order valence-electron chi connectivity index (χ3n) is 4.99. The fourth-order valence-corrected chi connectivity index (χ4v) is 6.26. The molecule has 0 heterocycles. The molecule has 2 aliphatic carbocycles. The van der Waals surface area contributed by atoms with Crippen molar-refractivity contribution in [1.82, 2.24) is 0 Å². The minimum Gasteiger partial charge on any atom is -0.397 e. The van der Waals surface area contributed by atoms with Crippen LogP contribution in [0.4, 0.5) is 0 Å². The standard InChI is InChI=1S/C15H29O2Si/c1-16-18(17-2)15(13-9-5-3-6-10-13)14-11-7-4-8-12-14/h13-15H,3-12H2,1-2H3. The zero-order valence-corrected chi connectivity index (χ0v) is 13.1. The van der Waals surface area contributed by atoms with E-state index < -0.39 is 9.28 Å². The van der Waals surface area contributed by atoms with E-state index in [-0.39, 0.29) is 0 Å². The lowest BCUT2D eigenvalue weighted by molar-refractivity contribution is 0.180. The minimum atomic E-state index is -1.06. The average molecular weight is 269 g/mol. The maximum Gasteiger partial charge on any atom is 0.388 e. The van der Waals surface area contributed by atoms with Crippen LogP contribution in [0.5, 0.6) is 0 Å². The summed E-state index contributed by atoms with van der Waals surface area (Å²) in [5.41, 5.74) is 0.741. The molecule has 0 bridgehead atoms. The second-order valence-electron chi connectivity index (χ2n) is 6.05. The first-order valence-corrected chi connectivity index (χ1v) is 9.21. The molecule has 0 aliphatic heterocycles. The van der Waals surface area contributed by atoms with Gasteiger partial charge in [0.25, 0.3) is 0 Å². The molecule has 0 amide bonds. The van der Waals surface area contributed by atoms with E-state index in [2.05, 4.69) is 0 Å². The van der Waals surface area contributed by atoms with Crippen molar-refractivity contribution in [2.75, 3.05) is 14.2 Å². The van der Waals surface area contributed by atoms with Crippen molar-refractivity contribution in [2.45, 2.75) is 69.7 Å². The van der Waals surface area contributed by atoms with Crippen LogP contribution in [0.15, 0.2) is 0 Å². The second-order valence-corrected chi connectivity index (χ2v) is 8.17. The van der Waals surface area contributed by atoms with Crippen molar-refractivity contribution in [2.24, 2.45) is 11.8 Å². The lowest BCUT2D eigenvalue weighted by Crippen LogP contribution is -2.37. The molecule has 2 aliphatic rings. The fraction of sp³-hybridized carbons (Fsp3) is 1.00. The van der Waals surface area contributed by atoms with Gasteiger partial charge in [0, 0.05) is 19.8 Å². The van der Waals surface area contributed by atoms with Gasteiger partial charge in [0.05, 0.1) is 0 Å². The van der Waals surface area contributed by atoms with E-state index in [1.807, 2.05) is 14.2 Å². The van der Waals surface area contributed by atoms with Gasteiger partial charge in [-0.05, 0) is 11.8 Å². The maximum absolute atomic E-state index is 5.75. The molecule has 0 atom stereocenters. The van der Waals surface area contributed by atoms with E-state index in [1.165, 1.54) is 64.2 Å². The molecular formula is C15H29O2Si. The molecule has 0 aromatic heterocycles. The highest BCUT2D eigenvalue weighted by molar-refractivity contribution is 6.46. The second kappa shape index (κ2) is 7.66. The Morgan fingerprint density at radius 3 is 1.44 bits per heavy atom. The first kappa shape index (κ1) is 14.5. The SMILES string of the molecule is CO[Si](OC)C(C1CCCCC1)C1CCCCC1. The zero-order valence-electron chi connectivity index (χ0n) is 12.1. The molecule has 2 nitrogen and oxygen atoms in total. The normalized spacial score (nSPS) is 24.0. The molecule has 1 radical (unpaired) electrons. The highest BCUT2D eigenvalue weighted by Crippen LogP contribution is 2.45. The molecule has 0 aromatic carbocycles. The Labute approximate surface area is 114 Å². The summed E-state index contributed by atoms with van der Waals surface area (Å²) in [5.74, 6) is 1.77. The molecule has 0 N–H and O–H groups in total. The van der Waals surface area contributed by atoms with Gasteiger partial charge in [-0.2, -0.15) is 0 Å². The van der Waals surface area contributed by atoms with Crippen molar-refractivity contribution in [3.05, 3.63) is 0 Å². The Bertz CT molecular complexity index is 201. The summed E-state index contributed by atoms with van der Waals surface area (Å²) in [5, 5.41) is 0. The van der Waals surface area contributed by atoms with Crippen LogP contribution in [0, 0.1) is 11.8 Å². The predicted octanol–water partition coefficient (Wildman–Crippen LogP) is 4.30. The largest absolute Gasteiger partial charge is 0.397 e. The summed E-state index contributed by atoms with van der Waals surface area (Å²) in [6.07, 6.45) is 14.3. The Balaban J connectivity index is 2.04. The maximum atomic E-state index is 5.75. The molecule has 3 heteroatoms. The quantitative estimate of drug-likeness (QED) is 0.693. The van der Waals surface area contributed by atoms with Crippen LogP contribution in [0.25, 0.3) is 0 Å². The summed E-state index contributed by atoms with van der Waals surface area (Å²) < 4.78 is 11.5. The monoisotopic (exact) mass is 269 g/mol. The Morgan fingerprint density at radius 2 is 1.11 bits per heavy atom. The molecule has 18 heavy (non-hydrogen) atoms. The van der Waals surface area contributed by atoms with Gasteiger partial charge < -0.3 is 8.85 Å². The van der Waals surface area contributed by atoms with E-state index in [0.717, 1.165) is 17.4 Å². The first-order valence-electron chi connectivity index (χ1n) is 7.81. The van der Waals surface area contributed by atoms with Gasteiger partial charge in [0.2, 0.25) is 0 Å². The van der Waals surface area contributed by atoms with E-state index in [0.29, 0.717) is 0 Å². The van der Waals surface area contributed by atoms with Gasteiger partial charge in [0.1, 0.15) is 0 Å². The molecule has 0 saturated heterocycles. The highest BCUT2D eigenvalue weighted by atomic mass is 28.3. The third-order valence-corrected chi connectivity index (χ3v) is 7.28. The molecule has 105 valence electrons. The van der Waals surface area contributed by atoms with Crippen molar-refractivity contribution >= 4 is 9.28 Å². The average Bonchev–Trinajstić information content (AvgIpc) is 2.46. The van der Waals surface area contributed by atoms with Crippen molar-refractivity contribution in [1.29, 1.82) is 0 Å². The van der Waals surface area contributed by atoms with Crippen molar-refractivity contribution in [3.63, 3.8) is 0 Å². The Kier molecular flexibility index (Phi) is 6.19. The van der Waals surface area contributed by atoms with Crippen LogP contribution in [-0.4, -0.2) is 23.5 Å². The summed E-state index contributed by atoms with van der Waals surface area (Å²) in [6, 6.07) is 0. The summed E-state index contributed by atoms with van der Waals surface area (Å²) in [4.78, 5) is 0. The number of hydrogen-bond donors (Lipinski definition) is 0. The van der Waals surface area contributed by atoms with Gasteiger partial charge in [-0.1, -0.05) is 64.2 Å². The number of rotatable bonds is 5. The molecule has 2 rings (SSSR count). The summed E-state index contributed by atoms with van der Waals surface area (Å²) in [6.45, 7) is 0. The van der Waals surface area contributed by atoms with Crippen LogP contribution in [-0.2, 0) is 8.85 Å². The summed E-state index contributed by atoms with van der Waals surface area (Å²) in [7, 11) is 2.66. The van der Waals surface area contributed by atoms with E-state index in [1.54, 1.807) is 0 Å². The topological polar surface area (TPSA) is 18.5 Å². The van der Waals surface area contributed by atoms with Crippen LogP contribution < -0.4 is 0 Å². The van der Waals surface area contributed by atoms with E-state index >= 15 is 0 Å². The Morgan fingerprint density at radius 1 is 0.722 bits per heavy atom. The van der Waals surface area contributed by atoms with Crippen LogP contribution >= 0.6 is 0 Å². The van der Waals surface area contributed by atoms with Crippen molar-refractivity contribution in [3.8, 4) is 0 Å². The smallest absolute Gasteiger partial charge is 0.388 e. The predicted molar refractivity (Wildman–Crippen MR) is 76.7 cm³/mol.